The second-order valence-corrected chi connectivity index (χ2v) is 8.00. The number of halogens is 2. The predicted octanol–water partition coefficient (Wildman–Crippen LogP) is 5.66. The lowest BCUT2D eigenvalue weighted by atomic mass is 10.2. The first kappa shape index (κ1) is 18.4. The number of amides is 1. The van der Waals surface area contributed by atoms with Crippen molar-refractivity contribution in [2.24, 2.45) is 0 Å². The molecule has 1 aromatic heterocycles. The van der Waals surface area contributed by atoms with Crippen LogP contribution in [0.3, 0.4) is 0 Å². The van der Waals surface area contributed by atoms with Crippen LogP contribution >= 0.6 is 35.0 Å². The summed E-state index contributed by atoms with van der Waals surface area (Å²) >= 11 is 14.4. The van der Waals surface area contributed by atoms with Crippen molar-refractivity contribution in [3.8, 4) is 11.3 Å². The van der Waals surface area contributed by atoms with Crippen molar-refractivity contribution < 1.29 is 4.79 Å². The van der Waals surface area contributed by atoms with Gasteiger partial charge in [-0.05, 0) is 24.6 Å². The van der Waals surface area contributed by atoms with Gasteiger partial charge in [-0.15, -0.1) is 11.8 Å². The molecule has 1 amide bonds. The highest BCUT2D eigenvalue weighted by molar-refractivity contribution is 8.00. The second kappa shape index (κ2) is 7.58. The van der Waals surface area contributed by atoms with Crippen LogP contribution in [0.2, 0.25) is 10.0 Å². The Bertz CT molecular complexity index is 970. The zero-order valence-corrected chi connectivity index (χ0v) is 16.9. The lowest BCUT2D eigenvalue weighted by molar-refractivity contribution is -0.115. The molecule has 27 heavy (non-hydrogen) atoms. The van der Waals surface area contributed by atoms with E-state index in [-0.39, 0.29) is 11.3 Å². The molecule has 0 bridgehead atoms. The Morgan fingerprint density at radius 3 is 2.48 bits per heavy atom. The number of carbonyl (C=O) groups is 1. The average Bonchev–Trinajstić information content (AvgIpc) is 3.25. The van der Waals surface area contributed by atoms with Gasteiger partial charge in [0.15, 0.2) is 0 Å². The Morgan fingerprint density at radius 2 is 1.81 bits per heavy atom. The molecule has 1 unspecified atom stereocenters. The molecule has 3 aromatic rings. The van der Waals surface area contributed by atoms with Gasteiger partial charge in [0.1, 0.15) is 5.37 Å². The summed E-state index contributed by atoms with van der Waals surface area (Å²) in [6.07, 6.45) is 1.82. The van der Waals surface area contributed by atoms with E-state index in [9.17, 15) is 4.79 Å². The number of rotatable bonds is 4. The fourth-order valence-electron chi connectivity index (χ4n) is 3.31. The normalized spacial score (nSPS) is 16.9. The molecule has 1 atom stereocenters. The van der Waals surface area contributed by atoms with Crippen molar-refractivity contribution in [3.05, 3.63) is 70.3 Å². The van der Waals surface area contributed by atoms with Crippen molar-refractivity contribution in [2.75, 3.05) is 10.7 Å². The molecule has 1 aliphatic rings. The molecule has 2 aromatic carbocycles. The summed E-state index contributed by atoms with van der Waals surface area (Å²) in [6, 6.07) is 15.4. The Morgan fingerprint density at radius 1 is 1.11 bits per heavy atom. The van der Waals surface area contributed by atoms with Crippen molar-refractivity contribution in [3.63, 3.8) is 0 Å². The van der Waals surface area contributed by atoms with Gasteiger partial charge in [0.25, 0.3) is 0 Å². The van der Waals surface area contributed by atoms with E-state index in [0.29, 0.717) is 28.3 Å². The van der Waals surface area contributed by atoms with E-state index in [1.54, 1.807) is 23.1 Å². The van der Waals surface area contributed by atoms with E-state index in [1.165, 1.54) is 11.8 Å². The summed E-state index contributed by atoms with van der Waals surface area (Å²) in [6.45, 7) is 2.74. The SMILES string of the molecule is CCn1c(-c2ccccc2)cnc1N1C(=O)CSC1c1c(Cl)cccc1Cl. The van der Waals surface area contributed by atoms with E-state index in [1.807, 2.05) is 43.5 Å². The van der Waals surface area contributed by atoms with Crippen LogP contribution in [0.4, 0.5) is 5.95 Å². The highest BCUT2D eigenvalue weighted by Crippen LogP contribution is 2.46. The number of benzene rings is 2. The van der Waals surface area contributed by atoms with Gasteiger partial charge in [0, 0.05) is 22.2 Å². The summed E-state index contributed by atoms with van der Waals surface area (Å²) in [5.41, 5.74) is 2.79. The summed E-state index contributed by atoms with van der Waals surface area (Å²) in [5.74, 6) is 0.983. The van der Waals surface area contributed by atoms with E-state index < -0.39 is 0 Å². The molecule has 1 aliphatic heterocycles. The van der Waals surface area contributed by atoms with Crippen molar-refractivity contribution in [1.82, 2.24) is 9.55 Å². The quantitative estimate of drug-likeness (QED) is 0.549. The van der Waals surface area contributed by atoms with Gasteiger partial charge in [0.05, 0.1) is 17.6 Å². The van der Waals surface area contributed by atoms with Crippen LogP contribution < -0.4 is 4.90 Å². The topological polar surface area (TPSA) is 38.1 Å². The number of nitrogens with zero attached hydrogens (tertiary/aromatic N) is 3. The van der Waals surface area contributed by atoms with Crippen LogP contribution in [-0.4, -0.2) is 21.2 Å². The minimum absolute atomic E-state index is 0.000832. The minimum atomic E-state index is -0.296. The Balaban J connectivity index is 1.82. The third-order valence-electron chi connectivity index (χ3n) is 4.55. The molecule has 4 nitrogen and oxygen atoms in total. The summed E-state index contributed by atoms with van der Waals surface area (Å²) in [5, 5.41) is 0.810. The number of imidazole rings is 1. The van der Waals surface area contributed by atoms with Gasteiger partial charge >= 0.3 is 0 Å². The van der Waals surface area contributed by atoms with Gasteiger partial charge in [-0.3, -0.25) is 9.69 Å². The van der Waals surface area contributed by atoms with Crippen LogP contribution in [0, 0.1) is 0 Å². The number of anilines is 1. The number of hydrogen-bond donors (Lipinski definition) is 0. The first-order valence-electron chi connectivity index (χ1n) is 8.60. The van der Waals surface area contributed by atoms with Crippen LogP contribution in [0.1, 0.15) is 17.9 Å². The molecule has 7 heteroatoms. The highest BCUT2D eigenvalue weighted by Gasteiger charge is 2.39. The Hall–Kier alpha value is -1.95. The molecular weight excluding hydrogens is 401 g/mol. The molecule has 4 rings (SSSR count). The van der Waals surface area contributed by atoms with Crippen LogP contribution in [0.25, 0.3) is 11.3 Å². The van der Waals surface area contributed by atoms with Crippen LogP contribution in [0.5, 0.6) is 0 Å². The Labute approximate surface area is 172 Å². The molecule has 1 saturated heterocycles. The maximum absolute atomic E-state index is 12.8. The fourth-order valence-corrected chi connectivity index (χ4v) is 5.26. The minimum Gasteiger partial charge on any atom is -0.310 e. The zero-order chi connectivity index (χ0) is 19.0. The standard InChI is InChI=1S/C20H17Cl2N3OS/c1-2-24-16(13-7-4-3-5-8-13)11-23-20(24)25-17(26)12-27-19(25)18-14(21)9-6-10-15(18)22/h3-11,19H,2,12H2,1H3. The molecule has 138 valence electrons. The Kier molecular flexibility index (Phi) is 5.17. The average molecular weight is 418 g/mol. The molecule has 0 spiro atoms. The second-order valence-electron chi connectivity index (χ2n) is 6.12. The monoisotopic (exact) mass is 417 g/mol. The maximum atomic E-state index is 12.8. The summed E-state index contributed by atoms with van der Waals surface area (Å²) < 4.78 is 2.05. The third-order valence-corrected chi connectivity index (χ3v) is 6.39. The number of aromatic nitrogens is 2. The molecule has 0 aliphatic carbocycles. The molecule has 0 saturated carbocycles. The van der Waals surface area contributed by atoms with E-state index in [0.717, 1.165) is 16.8 Å². The van der Waals surface area contributed by atoms with Gasteiger partial charge in [0.2, 0.25) is 11.9 Å². The fraction of sp³-hybridized carbons (Fsp3) is 0.200. The first-order valence-corrected chi connectivity index (χ1v) is 10.4. The smallest absolute Gasteiger partial charge is 0.240 e. The van der Waals surface area contributed by atoms with Crippen molar-refractivity contribution >= 4 is 46.8 Å². The van der Waals surface area contributed by atoms with Gasteiger partial charge < -0.3 is 4.57 Å². The van der Waals surface area contributed by atoms with Crippen molar-refractivity contribution in [1.29, 1.82) is 0 Å². The van der Waals surface area contributed by atoms with E-state index in [2.05, 4.69) is 9.55 Å². The highest BCUT2D eigenvalue weighted by atomic mass is 35.5. The van der Waals surface area contributed by atoms with Gasteiger partial charge in [-0.25, -0.2) is 4.98 Å². The van der Waals surface area contributed by atoms with Gasteiger partial charge in [-0.1, -0.05) is 59.6 Å². The zero-order valence-electron chi connectivity index (χ0n) is 14.6. The van der Waals surface area contributed by atoms with Crippen LogP contribution in [-0.2, 0) is 11.3 Å². The van der Waals surface area contributed by atoms with Crippen LogP contribution in [0.15, 0.2) is 54.7 Å². The van der Waals surface area contributed by atoms with Crippen molar-refractivity contribution in [2.45, 2.75) is 18.8 Å². The summed E-state index contributed by atoms with van der Waals surface area (Å²) in [4.78, 5) is 19.1. The largest absolute Gasteiger partial charge is 0.310 e. The maximum Gasteiger partial charge on any atom is 0.240 e. The molecule has 2 heterocycles. The predicted molar refractivity (Wildman–Crippen MR) is 112 cm³/mol. The molecular formula is C20H17Cl2N3OS. The lowest BCUT2D eigenvalue weighted by Gasteiger charge is -2.25. The third kappa shape index (κ3) is 3.24. The molecule has 0 radical (unpaired) electrons. The first-order chi connectivity index (χ1) is 13.1. The number of hydrogen-bond acceptors (Lipinski definition) is 3. The van der Waals surface area contributed by atoms with E-state index >= 15 is 0 Å². The molecule has 1 fully saturated rings. The lowest BCUT2D eigenvalue weighted by Crippen LogP contribution is -2.31. The molecule has 0 N–H and O–H groups in total. The summed E-state index contributed by atoms with van der Waals surface area (Å²) in [7, 11) is 0. The van der Waals surface area contributed by atoms with Gasteiger partial charge in [-0.2, -0.15) is 0 Å². The number of carbonyl (C=O) groups excluding carboxylic acids is 1. The number of thioether (sulfide) groups is 1. The van der Waals surface area contributed by atoms with E-state index in [4.69, 9.17) is 23.2 Å².